The molecular formula is C19H26N2O2. The molecule has 4 aliphatic carbocycles. The van der Waals surface area contributed by atoms with E-state index in [-0.39, 0.29) is 16.9 Å². The van der Waals surface area contributed by atoms with E-state index in [1.807, 2.05) is 0 Å². The van der Waals surface area contributed by atoms with Crippen molar-refractivity contribution in [3.63, 3.8) is 0 Å². The van der Waals surface area contributed by atoms with Gasteiger partial charge in [-0.15, -0.1) is 0 Å². The Labute approximate surface area is 137 Å². The Morgan fingerprint density at radius 3 is 2.87 bits per heavy atom. The van der Waals surface area contributed by atoms with Gasteiger partial charge in [-0.05, 0) is 73.2 Å². The Morgan fingerprint density at radius 1 is 1.13 bits per heavy atom. The molecule has 1 aromatic rings. The molecule has 1 N–H and O–H groups in total. The lowest BCUT2D eigenvalue weighted by molar-refractivity contribution is -0.0706. The monoisotopic (exact) mass is 314 g/mol. The van der Waals surface area contributed by atoms with Gasteiger partial charge in [0.1, 0.15) is 11.4 Å². The van der Waals surface area contributed by atoms with E-state index in [9.17, 15) is 5.11 Å². The maximum Gasteiger partial charge on any atom is 0.131 e. The van der Waals surface area contributed by atoms with Gasteiger partial charge in [-0.2, -0.15) is 0 Å². The Kier molecular flexibility index (Phi) is 2.76. The molecule has 6 atom stereocenters. The summed E-state index contributed by atoms with van der Waals surface area (Å²) in [6.07, 6.45) is 10.2. The van der Waals surface area contributed by atoms with Gasteiger partial charge < -0.3 is 5.11 Å². The van der Waals surface area contributed by atoms with Crippen LogP contribution in [0.3, 0.4) is 0 Å². The predicted octanol–water partition coefficient (Wildman–Crippen LogP) is 3.61. The molecule has 0 saturated heterocycles. The number of hydrogen-bond donors (Lipinski definition) is 1. The number of aliphatic hydroxyl groups excluding tert-OH is 1. The van der Waals surface area contributed by atoms with Crippen molar-refractivity contribution in [2.75, 3.05) is 0 Å². The lowest BCUT2D eigenvalue weighted by Gasteiger charge is -2.57. The van der Waals surface area contributed by atoms with Crippen LogP contribution in [0.1, 0.15) is 63.8 Å². The third-order valence-electron chi connectivity index (χ3n) is 8.12. The minimum Gasteiger partial charge on any atom is -0.393 e. The molecule has 1 heterocycles. The van der Waals surface area contributed by atoms with E-state index in [0.29, 0.717) is 5.92 Å². The molecule has 124 valence electrons. The molecule has 0 bridgehead atoms. The van der Waals surface area contributed by atoms with Crippen LogP contribution in [0.4, 0.5) is 0 Å². The first-order valence-corrected chi connectivity index (χ1v) is 9.23. The summed E-state index contributed by atoms with van der Waals surface area (Å²) in [7, 11) is 0. The summed E-state index contributed by atoms with van der Waals surface area (Å²) in [5.41, 5.74) is 3.92. The highest BCUT2D eigenvalue weighted by Gasteiger charge is 2.59. The quantitative estimate of drug-likeness (QED) is 0.794. The molecule has 23 heavy (non-hydrogen) atoms. The molecule has 4 aliphatic rings. The van der Waals surface area contributed by atoms with Crippen LogP contribution < -0.4 is 0 Å². The fourth-order valence-corrected chi connectivity index (χ4v) is 6.74. The summed E-state index contributed by atoms with van der Waals surface area (Å²) in [5, 5.41) is 18.7. The lowest BCUT2D eigenvalue weighted by Crippen LogP contribution is -2.51. The highest BCUT2D eigenvalue weighted by atomic mass is 16.6. The molecule has 3 saturated carbocycles. The molecule has 6 unspecified atom stereocenters. The average molecular weight is 314 g/mol. The van der Waals surface area contributed by atoms with Crippen molar-refractivity contribution in [2.24, 2.45) is 28.6 Å². The van der Waals surface area contributed by atoms with Crippen molar-refractivity contribution >= 4 is 6.08 Å². The fraction of sp³-hybridized carbons (Fsp3) is 0.789. The number of hydrogen-bond acceptors (Lipinski definition) is 4. The van der Waals surface area contributed by atoms with Gasteiger partial charge in [-0.3, -0.25) is 0 Å². The van der Waals surface area contributed by atoms with E-state index in [0.717, 1.165) is 36.1 Å². The summed E-state index contributed by atoms with van der Waals surface area (Å²) < 4.78 is 4.98. The standard InChI is InChI=1S/C19H26N2O2/c1-18-8-7-14-12(13(18)5-6-17(18)22)4-3-11-9-15-16(21-23-20-15)10-19(11,14)2/h9,12-14,17,22H,3-8,10H2,1-2H3. The Bertz CT molecular complexity index is 681. The van der Waals surface area contributed by atoms with Crippen LogP contribution in [-0.4, -0.2) is 21.5 Å². The van der Waals surface area contributed by atoms with Crippen molar-refractivity contribution in [3.05, 3.63) is 17.0 Å². The summed E-state index contributed by atoms with van der Waals surface area (Å²) in [4.78, 5) is 0. The maximum absolute atomic E-state index is 10.5. The molecule has 4 heteroatoms. The van der Waals surface area contributed by atoms with Crippen LogP contribution in [0.2, 0.25) is 0 Å². The molecule has 0 radical (unpaired) electrons. The molecule has 0 aliphatic heterocycles. The smallest absolute Gasteiger partial charge is 0.131 e. The number of fused-ring (bicyclic) bond motifs is 6. The third kappa shape index (κ3) is 1.71. The number of aliphatic hydroxyl groups is 1. The second-order valence-corrected chi connectivity index (χ2v) is 8.91. The number of aromatic nitrogens is 2. The molecule has 0 spiro atoms. The van der Waals surface area contributed by atoms with Crippen LogP contribution in [0.25, 0.3) is 6.08 Å². The average Bonchev–Trinajstić information content (AvgIpc) is 3.08. The van der Waals surface area contributed by atoms with Gasteiger partial charge in [0, 0.05) is 6.42 Å². The van der Waals surface area contributed by atoms with E-state index in [1.165, 1.54) is 32.1 Å². The zero-order chi connectivity index (χ0) is 15.8. The van der Waals surface area contributed by atoms with E-state index in [1.54, 1.807) is 5.57 Å². The first-order chi connectivity index (χ1) is 11.0. The molecule has 3 fully saturated rings. The first kappa shape index (κ1) is 14.2. The topological polar surface area (TPSA) is 59.2 Å². The van der Waals surface area contributed by atoms with Crippen molar-refractivity contribution in [1.29, 1.82) is 0 Å². The molecular weight excluding hydrogens is 288 g/mol. The largest absolute Gasteiger partial charge is 0.393 e. The summed E-state index contributed by atoms with van der Waals surface area (Å²) in [6.45, 7) is 4.79. The fourth-order valence-electron chi connectivity index (χ4n) is 6.74. The Hall–Kier alpha value is -1.16. The Balaban J connectivity index is 1.53. The minimum absolute atomic E-state index is 0.0871. The summed E-state index contributed by atoms with van der Waals surface area (Å²) in [6, 6.07) is 0. The van der Waals surface area contributed by atoms with Crippen molar-refractivity contribution in [1.82, 2.24) is 10.3 Å². The van der Waals surface area contributed by atoms with Crippen molar-refractivity contribution < 1.29 is 9.74 Å². The SMILES string of the molecule is CC12Cc3nonc3C=C1CCC1C2CCC2(C)C(O)CCC12. The number of nitrogens with zero attached hydrogens (tertiary/aromatic N) is 2. The lowest BCUT2D eigenvalue weighted by atomic mass is 9.47. The molecule has 1 aromatic heterocycles. The van der Waals surface area contributed by atoms with Crippen LogP contribution in [0, 0.1) is 28.6 Å². The van der Waals surface area contributed by atoms with Crippen LogP contribution in [0.15, 0.2) is 10.2 Å². The highest BCUT2D eigenvalue weighted by molar-refractivity contribution is 5.57. The zero-order valence-electron chi connectivity index (χ0n) is 14.1. The number of allylic oxidation sites excluding steroid dienone is 1. The predicted molar refractivity (Wildman–Crippen MR) is 86.4 cm³/mol. The van der Waals surface area contributed by atoms with E-state index < -0.39 is 0 Å². The van der Waals surface area contributed by atoms with Gasteiger partial charge in [0.25, 0.3) is 0 Å². The van der Waals surface area contributed by atoms with Gasteiger partial charge in [0.15, 0.2) is 0 Å². The van der Waals surface area contributed by atoms with Gasteiger partial charge in [0.2, 0.25) is 0 Å². The molecule has 0 aromatic carbocycles. The normalized spacial score (nSPS) is 48.0. The molecule has 4 nitrogen and oxygen atoms in total. The van der Waals surface area contributed by atoms with Crippen molar-refractivity contribution in [3.8, 4) is 0 Å². The van der Waals surface area contributed by atoms with E-state index in [2.05, 4.69) is 30.2 Å². The van der Waals surface area contributed by atoms with Crippen LogP contribution in [-0.2, 0) is 6.42 Å². The summed E-state index contributed by atoms with van der Waals surface area (Å²) >= 11 is 0. The van der Waals surface area contributed by atoms with Gasteiger partial charge in [-0.1, -0.05) is 29.7 Å². The highest BCUT2D eigenvalue weighted by Crippen LogP contribution is 2.65. The Morgan fingerprint density at radius 2 is 2.00 bits per heavy atom. The van der Waals surface area contributed by atoms with E-state index >= 15 is 0 Å². The second kappa shape index (κ2) is 4.47. The molecule has 0 amide bonds. The van der Waals surface area contributed by atoms with Crippen LogP contribution >= 0.6 is 0 Å². The minimum atomic E-state index is -0.0871. The second-order valence-electron chi connectivity index (χ2n) is 8.91. The van der Waals surface area contributed by atoms with Crippen LogP contribution in [0.5, 0.6) is 0 Å². The zero-order valence-corrected chi connectivity index (χ0v) is 14.1. The van der Waals surface area contributed by atoms with Gasteiger partial charge in [0.05, 0.1) is 6.10 Å². The van der Waals surface area contributed by atoms with Crippen molar-refractivity contribution in [2.45, 2.75) is 64.9 Å². The summed E-state index contributed by atoms with van der Waals surface area (Å²) in [5.74, 6) is 2.18. The van der Waals surface area contributed by atoms with E-state index in [4.69, 9.17) is 4.63 Å². The molecule has 5 rings (SSSR count). The maximum atomic E-state index is 10.5. The number of rotatable bonds is 0. The third-order valence-corrected chi connectivity index (χ3v) is 8.12. The first-order valence-electron chi connectivity index (χ1n) is 9.23. The van der Waals surface area contributed by atoms with Gasteiger partial charge in [-0.25, -0.2) is 4.63 Å². The van der Waals surface area contributed by atoms with Gasteiger partial charge >= 0.3 is 0 Å².